The lowest BCUT2D eigenvalue weighted by Gasteiger charge is -2.20. The number of benzene rings is 2. The summed E-state index contributed by atoms with van der Waals surface area (Å²) in [6, 6.07) is 15.2. The van der Waals surface area contributed by atoms with Gasteiger partial charge in [-0.1, -0.05) is 40.2 Å². The minimum Gasteiger partial charge on any atom is -0.372 e. The molecular formula is C22H23BrN6O3. The highest BCUT2D eigenvalue weighted by molar-refractivity contribution is 9.10. The molecule has 2 aromatic carbocycles. The van der Waals surface area contributed by atoms with Gasteiger partial charge in [-0.15, -0.1) is 0 Å². The smallest absolute Gasteiger partial charge is 0.320 e. The number of carbonyl (C=O) groups is 1. The number of nitrogens with one attached hydrogen (secondary N) is 1. The molecule has 1 aromatic heterocycles. The van der Waals surface area contributed by atoms with Crippen molar-refractivity contribution in [1.82, 2.24) is 15.2 Å². The van der Waals surface area contributed by atoms with Crippen LogP contribution in [0.25, 0.3) is 0 Å². The van der Waals surface area contributed by atoms with E-state index in [4.69, 9.17) is 0 Å². The van der Waals surface area contributed by atoms with Crippen LogP contribution < -0.4 is 10.3 Å². The molecule has 0 radical (unpaired) electrons. The predicted molar refractivity (Wildman–Crippen MR) is 127 cm³/mol. The van der Waals surface area contributed by atoms with E-state index < -0.39 is 10.8 Å². The fourth-order valence-electron chi connectivity index (χ4n) is 3.14. The Kier molecular flexibility index (Phi) is 7.72. The van der Waals surface area contributed by atoms with E-state index in [0.29, 0.717) is 6.54 Å². The van der Waals surface area contributed by atoms with Crippen molar-refractivity contribution in [2.45, 2.75) is 20.4 Å². The van der Waals surface area contributed by atoms with E-state index in [2.05, 4.69) is 50.3 Å². The summed E-state index contributed by atoms with van der Waals surface area (Å²) in [7, 11) is 0. The number of hydrogen-bond donors (Lipinski definition) is 1. The standard InChI is InChI=1S/C22H23BrN6O3/c1-3-27(4-2)19-11-7-16(8-12-19)13-24-25-22(30)21-20(29(31)32)15-28(26-21)14-17-5-9-18(23)10-6-17/h5-13,15H,3-4,14H2,1-2H3,(H,25,30)/b24-13+. The molecule has 0 saturated carbocycles. The van der Waals surface area contributed by atoms with Crippen molar-refractivity contribution < 1.29 is 9.72 Å². The Morgan fingerprint density at radius 1 is 1.19 bits per heavy atom. The van der Waals surface area contributed by atoms with Gasteiger partial charge < -0.3 is 4.90 Å². The maximum Gasteiger partial charge on any atom is 0.320 e. The highest BCUT2D eigenvalue weighted by atomic mass is 79.9. The summed E-state index contributed by atoms with van der Waals surface area (Å²) in [4.78, 5) is 25.5. The van der Waals surface area contributed by atoms with Crippen LogP contribution in [-0.2, 0) is 6.54 Å². The Labute approximate surface area is 194 Å². The second-order valence-electron chi connectivity index (χ2n) is 6.91. The number of nitrogens with zero attached hydrogens (tertiary/aromatic N) is 5. The SMILES string of the molecule is CCN(CC)c1ccc(/C=N/NC(=O)c2nn(Cc3ccc(Br)cc3)cc2[N+](=O)[O-])cc1. The molecule has 0 saturated heterocycles. The van der Waals surface area contributed by atoms with E-state index in [1.54, 1.807) is 0 Å². The summed E-state index contributed by atoms with van der Waals surface area (Å²) in [6.45, 7) is 6.30. The molecule has 3 aromatic rings. The van der Waals surface area contributed by atoms with Gasteiger partial charge in [0.15, 0.2) is 0 Å². The van der Waals surface area contributed by atoms with Gasteiger partial charge in [0.05, 0.1) is 17.7 Å². The van der Waals surface area contributed by atoms with E-state index in [-0.39, 0.29) is 11.4 Å². The van der Waals surface area contributed by atoms with Gasteiger partial charge in [-0.25, -0.2) is 5.43 Å². The number of nitro groups is 1. The van der Waals surface area contributed by atoms with E-state index in [1.807, 2.05) is 48.5 Å². The molecule has 1 heterocycles. The lowest BCUT2D eigenvalue weighted by atomic mass is 10.2. The number of rotatable bonds is 9. The van der Waals surface area contributed by atoms with Crippen LogP contribution in [0.15, 0.2) is 64.3 Å². The van der Waals surface area contributed by atoms with Gasteiger partial charge in [-0.2, -0.15) is 10.2 Å². The molecule has 0 aliphatic rings. The molecule has 0 bridgehead atoms. The number of hydrogen-bond acceptors (Lipinski definition) is 6. The molecular weight excluding hydrogens is 476 g/mol. The first-order chi connectivity index (χ1) is 15.4. The molecule has 1 N–H and O–H groups in total. The zero-order valence-corrected chi connectivity index (χ0v) is 19.3. The Hall–Kier alpha value is -3.53. The summed E-state index contributed by atoms with van der Waals surface area (Å²) in [5.41, 5.74) is 4.43. The first-order valence-electron chi connectivity index (χ1n) is 10.1. The van der Waals surface area contributed by atoms with Crippen LogP contribution in [0.4, 0.5) is 11.4 Å². The van der Waals surface area contributed by atoms with Gasteiger partial charge >= 0.3 is 5.69 Å². The zero-order valence-electron chi connectivity index (χ0n) is 17.7. The van der Waals surface area contributed by atoms with Gasteiger partial charge in [-0.3, -0.25) is 19.6 Å². The van der Waals surface area contributed by atoms with Crippen LogP contribution >= 0.6 is 15.9 Å². The van der Waals surface area contributed by atoms with Crippen molar-refractivity contribution in [2.24, 2.45) is 5.10 Å². The van der Waals surface area contributed by atoms with Gasteiger partial charge in [0.1, 0.15) is 6.20 Å². The number of aromatic nitrogens is 2. The highest BCUT2D eigenvalue weighted by Gasteiger charge is 2.25. The monoisotopic (exact) mass is 498 g/mol. The second-order valence-corrected chi connectivity index (χ2v) is 7.82. The molecule has 10 heteroatoms. The minimum atomic E-state index is -0.748. The third kappa shape index (κ3) is 5.79. The van der Waals surface area contributed by atoms with Crippen molar-refractivity contribution in [1.29, 1.82) is 0 Å². The molecule has 0 fully saturated rings. The van der Waals surface area contributed by atoms with Gasteiger partial charge in [0.2, 0.25) is 5.69 Å². The molecule has 0 unspecified atom stereocenters. The number of carbonyl (C=O) groups excluding carboxylic acids is 1. The van der Waals surface area contributed by atoms with Crippen LogP contribution in [0.5, 0.6) is 0 Å². The van der Waals surface area contributed by atoms with E-state index in [9.17, 15) is 14.9 Å². The average molecular weight is 499 g/mol. The third-order valence-corrected chi connectivity index (χ3v) is 5.34. The second kappa shape index (κ2) is 10.7. The minimum absolute atomic E-state index is 0.291. The summed E-state index contributed by atoms with van der Waals surface area (Å²) in [6.07, 6.45) is 2.72. The first kappa shape index (κ1) is 23.1. The predicted octanol–water partition coefficient (Wildman–Crippen LogP) is 4.21. The number of amides is 1. The van der Waals surface area contributed by atoms with Crippen molar-refractivity contribution in [3.8, 4) is 0 Å². The van der Waals surface area contributed by atoms with Crippen molar-refractivity contribution in [3.05, 3.63) is 86.1 Å². The lowest BCUT2D eigenvalue weighted by Crippen LogP contribution is -2.21. The van der Waals surface area contributed by atoms with Crippen molar-refractivity contribution >= 4 is 39.4 Å². The normalized spacial score (nSPS) is 11.0. The van der Waals surface area contributed by atoms with E-state index in [1.165, 1.54) is 17.1 Å². The van der Waals surface area contributed by atoms with Crippen LogP contribution in [-0.4, -0.2) is 39.9 Å². The van der Waals surface area contributed by atoms with E-state index >= 15 is 0 Å². The fraction of sp³-hybridized carbons (Fsp3) is 0.227. The molecule has 3 rings (SSSR count). The van der Waals surface area contributed by atoms with Crippen molar-refractivity contribution in [3.63, 3.8) is 0 Å². The Bertz CT molecular complexity index is 1110. The number of hydrazone groups is 1. The zero-order chi connectivity index (χ0) is 23.1. The molecule has 32 heavy (non-hydrogen) atoms. The highest BCUT2D eigenvalue weighted by Crippen LogP contribution is 2.19. The Balaban J connectivity index is 1.69. The summed E-state index contributed by atoms with van der Waals surface area (Å²) < 4.78 is 2.29. The molecule has 0 atom stereocenters. The average Bonchev–Trinajstić information content (AvgIpc) is 3.21. The maximum atomic E-state index is 12.5. The van der Waals surface area contributed by atoms with Crippen molar-refractivity contribution in [2.75, 3.05) is 18.0 Å². The van der Waals surface area contributed by atoms with Gasteiger partial charge in [0, 0.05) is 23.2 Å². The summed E-state index contributed by atoms with van der Waals surface area (Å²) in [5, 5.41) is 19.4. The number of anilines is 1. The molecule has 0 spiro atoms. The Morgan fingerprint density at radius 2 is 1.84 bits per heavy atom. The van der Waals surface area contributed by atoms with Gasteiger partial charge in [0.25, 0.3) is 5.91 Å². The van der Waals surface area contributed by atoms with Crippen LogP contribution in [0, 0.1) is 10.1 Å². The molecule has 0 aliphatic heterocycles. The quantitative estimate of drug-likeness (QED) is 0.270. The van der Waals surface area contributed by atoms with Crippen LogP contribution in [0.3, 0.4) is 0 Å². The third-order valence-electron chi connectivity index (χ3n) is 4.81. The summed E-state index contributed by atoms with van der Waals surface area (Å²) >= 11 is 3.36. The van der Waals surface area contributed by atoms with E-state index in [0.717, 1.165) is 34.4 Å². The molecule has 0 aliphatic carbocycles. The lowest BCUT2D eigenvalue weighted by molar-refractivity contribution is -0.385. The first-order valence-corrected chi connectivity index (χ1v) is 10.8. The van der Waals surface area contributed by atoms with Gasteiger partial charge in [-0.05, 0) is 49.2 Å². The largest absolute Gasteiger partial charge is 0.372 e. The molecule has 9 nitrogen and oxygen atoms in total. The maximum absolute atomic E-state index is 12.5. The Morgan fingerprint density at radius 3 is 2.44 bits per heavy atom. The van der Waals surface area contributed by atoms with Crippen LogP contribution in [0.1, 0.15) is 35.5 Å². The fourth-order valence-corrected chi connectivity index (χ4v) is 3.41. The molecule has 1 amide bonds. The number of halogens is 1. The summed E-state index contributed by atoms with van der Waals surface area (Å²) in [5.74, 6) is -0.748. The molecule has 166 valence electrons. The topological polar surface area (TPSA) is 106 Å². The van der Waals surface area contributed by atoms with Crippen LogP contribution in [0.2, 0.25) is 0 Å².